The van der Waals surface area contributed by atoms with E-state index < -0.39 is 40.0 Å². The van der Waals surface area contributed by atoms with E-state index in [4.69, 9.17) is 9.47 Å². The van der Waals surface area contributed by atoms with Gasteiger partial charge in [0, 0.05) is 12.1 Å². The van der Waals surface area contributed by atoms with Crippen molar-refractivity contribution in [1.29, 1.82) is 0 Å². The van der Waals surface area contributed by atoms with E-state index in [0.29, 0.717) is 16.9 Å². The first kappa shape index (κ1) is 29.7. The Morgan fingerprint density at radius 2 is 1.92 bits per heavy atom. The third kappa shape index (κ3) is 6.59. The standard InChI is InChI=1S/C26H27F3N2O7S/c1-15(25(26(27,28)29)10-6-5-7-11-25)38-19-13-20(39-21(19)22(32)33)30-17-12-16(8-9-18(17)31(35)36)14-37-23(34)24(2,3)4/h5-10,12-13,15,30H,11,14H2,1-4H3,(H,32,33)/t15-,25?/m1/s1. The molecule has 0 saturated heterocycles. The van der Waals surface area contributed by atoms with Gasteiger partial charge in [-0.1, -0.05) is 24.3 Å². The summed E-state index contributed by atoms with van der Waals surface area (Å²) in [7, 11) is 0. The minimum atomic E-state index is -4.67. The van der Waals surface area contributed by atoms with Crippen LogP contribution in [-0.2, 0) is 16.1 Å². The lowest BCUT2D eigenvalue weighted by atomic mass is 9.76. The first-order chi connectivity index (χ1) is 18.0. The van der Waals surface area contributed by atoms with Crippen LogP contribution in [0, 0.1) is 20.9 Å². The van der Waals surface area contributed by atoms with Gasteiger partial charge in [-0.05, 0) is 51.8 Å². The summed E-state index contributed by atoms with van der Waals surface area (Å²) in [6, 6.07) is 5.17. The van der Waals surface area contributed by atoms with Crippen molar-refractivity contribution in [2.45, 2.75) is 53.0 Å². The second-order valence-corrected chi connectivity index (χ2v) is 11.0. The number of ether oxygens (including phenoxy) is 2. The zero-order chi connectivity index (χ0) is 29.2. The van der Waals surface area contributed by atoms with Gasteiger partial charge < -0.3 is 19.9 Å². The number of aromatic carboxylic acids is 1. The first-order valence-electron chi connectivity index (χ1n) is 11.7. The van der Waals surface area contributed by atoms with Crippen LogP contribution in [-0.4, -0.2) is 34.2 Å². The van der Waals surface area contributed by atoms with Crippen LogP contribution in [0.5, 0.6) is 5.75 Å². The number of thiophene rings is 1. The molecule has 2 N–H and O–H groups in total. The molecule has 3 rings (SSSR count). The summed E-state index contributed by atoms with van der Waals surface area (Å²) in [5.74, 6) is -2.23. The van der Waals surface area contributed by atoms with Gasteiger partial charge in [-0.3, -0.25) is 14.9 Å². The Bertz CT molecular complexity index is 1330. The molecule has 0 amide bonds. The minimum absolute atomic E-state index is 0.0331. The molecule has 0 bridgehead atoms. The van der Waals surface area contributed by atoms with Crippen LogP contribution in [0.3, 0.4) is 0 Å². The molecule has 0 fully saturated rings. The topological polar surface area (TPSA) is 128 Å². The van der Waals surface area contributed by atoms with Gasteiger partial charge in [0.25, 0.3) is 5.69 Å². The first-order valence-corrected chi connectivity index (χ1v) is 12.5. The smallest absolute Gasteiger partial charge is 0.401 e. The average Bonchev–Trinajstić information content (AvgIpc) is 3.23. The highest BCUT2D eigenvalue weighted by Gasteiger charge is 2.57. The summed E-state index contributed by atoms with van der Waals surface area (Å²) in [6.07, 6.45) is -1.45. The van der Waals surface area contributed by atoms with Crippen molar-refractivity contribution in [2.24, 2.45) is 10.8 Å². The number of carbonyl (C=O) groups is 2. The molecule has 9 nitrogen and oxygen atoms in total. The number of rotatable bonds is 9. The molecule has 1 unspecified atom stereocenters. The number of benzene rings is 1. The number of nitrogens with zero attached hydrogens (tertiary/aromatic N) is 1. The number of allylic oxidation sites excluding steroid dienone is 3. The van der Waals surface area contributed by atoms with Crippen molar-refractivity contribution in [3.63, 3.8) is 0 Å². The maximum atomic E-state index is 14.1. The molecule has 2 atom stereocenters. The van der Waals surface area contributed by atoms with Crippen LogP contribution in [0.4, 0.5) is 29.5 Å². The molecular weight excluding hydrogens is 541 g/mol. The number of anilines is 2. The molecule has 0 spiro atoms. The number of nitrogens with one attached hydrogen (secondary N) is 1. The molecule has 0 saturated carbocycles. The Kier molecular flexibility index (Phi) is 8.44. The maximum absolute atomic E-state index is 14.1. The molecule has 2 aromatic rings. The van der Waals surface area contributed by atoms with Gasteiger partial charge in [-0.2, -0.15) is 13.2 Å². The molecule has 1 aliphatic rings. The summed E-state index contributed by atoms with van der Waals surface area (Å²) >= 11 is 0.649. The lowest BCUT2D eigenvalue weighted by Gasteiger charge is -2.38. The zero-order valence-corrected chi connectivity index (χ0v) is 22.3. The number of carbonyl (C=O) groups excluding carboxylic acids is 1. The van der Waals surface area contributed by atoms with Crippen LogP contribution in [0.1, 0.15) is 49.4 Å². The van der Waals surface area contributed by atoms with Crippen LogP contribution in [0.2, 0.25) is 0 Å². The van der Waals surface area contributed by atoms with Crippen molar-refractivity contribution in [3.8, 4) is 5.75 Å². The summed E-state index contributed by atoms with van der Waals surface area (Å²) in [6.45, 7) is 6.06. The Morgan fingerprint density at radius 3 is 2.46 bits per heavy atom. The fraction of sp³-hybridized carbons (Fsp3) is 0.385. The van der Waals surface area contributed by atoms with Crippen molar-refractivity contribution in [1.82, 2.24) is 0 Å². The number of hydrogen-bond acceptors (Lipinski definition) is 8. The molecule has 0 radical (unpaired) electrons. The van der Waals surface area contributed by atoms with Crippen LogP contribution >= 0.6 is 11.3 Å². The van der Waals surface area contributed by atoms with Gasteiger partial charge >= 0.3 is 18.1 Å². The largest absolute Gasteiger partial charge is 0.488 e. The van der Waals surface area contributed by atoms with E-state index in [-0.39, 0.29) is 40.0 Å². The normalized spacial score (nSPS) is 17.9. The monoisotopic (exact) mass is 568 g/mol. The number of halogens is 3. The third-order valence-corrected chi connectivity index (χ3v) is 7.06. The quantitative estimate of drug-likeness (QED) is 0.188. The maximum Gasteiger partial charge on any atom is 0.401 e. The predicted octanol–water partition coefficient (Wildman–Crippen LogP) is 7.02. The van der Waals surface area contributed by atoms with E-state index in [1.54, 1.807) is 20.8 Å². The number of carboxylic acid groups (broad SMARTS) is 1. The number of hydrogen-bond donors (Lipinski definition) is 2. The molecule has 0 aliphatic heterocycles. The molecule has 1 heterocycles. The fourth-order valence-electron chi connectivity index (χ4n) is 3.78. The Balaban J connectivity index is 1.91. The molecule has 1 aromatic heterocycles. The van der Waals surface area contributed by atoms with E-state index in [2.05, 4.69) is 5.32 Å². The van der Waals surface area contributed by atoms with Crippen molar-refractivity contribution >= 4 is 39.7 Å². The van der Waals surface area contributed by atoms with E-state index in [1.165, 1.54) is 49.4 Å². The summed E-state index contributed by atoms with van der Waals surface area (Å²) < 4.78 is 53.0. The molecular formula is C26H27F3N2O7S. The minimum Gasteiger partial charge on any atom is -0.488 e. The van der Waals surface area contributed by atoms with E-state index >= 15 is 0 Å². The van der Waals surface area contributed by atoms with E-state index in [1.807, 2.05) is 0 Å². The van der Waals surface area contributed by atoms with Gasteiger partial charge in [0.1, 0.15) is 29.6 Å². The van der Waals surface area contributed by atoms with E-state index in [9.17, 15) is 38.0 Å². The van der Waals surface area contributed by atoms with Crippen molar-refractivity contribution < 1.29 is 42.3 Å². The highest BCUT2D eigenvalue weighted by Crippen LogP contribution is 2.49. The molecule has 210 valence electrons. The van der Waals surface area contributed by atoms with Gasteiger partial charge in [0.15, 0.2) is 4.88 Å². The zero-order valence-electron chi connectivity index (χ0n) is 21.5. The van der Waals surface area contributed by atoms with Crippen molar-refractivity contribution in [2.75, 3.05) is 5.32 Å². The molecule has 39 heavy (non-hydrogen) atoms. The fourth-order valence-corrected chi connectivity index (χ4v) is 4.62. The molecule has 1 aromatic carbocycles. The average molecular weight is 569 g/mol. The summed E-state index contributed by atoms with van der Waals surface area (Å²) in [5.41, 5.74) is -3.09. The third-order valence-electron chi connectivity index (χ3n) is 6.04. The van der Waals surface area contributed by atoms with Crippen LogP contribution < -0.4 is 10.1 Å². The predicted molar refractivity (Wildman–Crippen MR) is 138 cm³/mol. The van der Waals surface area contributed by atoms with E-state index in [0.717, 1.165) is 6.08 Å². The lowest BCUT2D eigenvalue weighted by Crippen LogP contribution is -2.47. The number of carboxylic acids is 1. The number of esters is 1. The van der Waals surface area contributed by atoms with Gasteiger partial charge in [0.05, 0.1) is 15.3 Å². The second kappa shape index (κ2) is 11.1. The van der Waals surface area contributed by atoms with Crippen LogP contribution in [0.25, 0.3) is 0 Å². The summed E-state index contributed by atoms with van der Waals surface area (Å²) in [4.78, 5) is 34.5. The van der Waals surface area contributed by atoms with Crippen LogP contribution in [0.15, 0.2) is 48.6 Å². The Morgan fingerprint density at radius 1 is 1.23 bits per heavy atom. The lowest BCUT2D eigenvalue weighted by molar-refractivity contribution is -0.383. The van der Waals surface area contributed by atoms with Gasteiger partial charge in [0.2, 0.25) is 0 Å². The Labute approximate surface area is 226 Å². The van der Waals surface area contributed by atoms with Crippen molar-refractivity contribution in [3.05, 3.63) is 69.1 Å². The highest BCUT2D eigenvalue weighted by molar-refractivity contribution is 7.18. The second-order valence-electron chi connectivity index (χ2n) is 9.96. The van der Waals surface area contributed by atoms with Gasteiger partial charge in [-0.15, -0.1) is 11.3 Å². The number of alkyl halides is 3. The molecule has 1 aliphatic carbocycles. The Hall–Kier alpha value is -3.87. The molecule has 13 heteroatoms. The summed E-state index contributed by atoms with van der Waals surface area (Å²) in [5, 5.41) is 24.1. The SMILES string of the molecule is C[C@@H](Oc1cc(Nc2cc(COC(=O)C(C)(C)C)ccc2[N+](=O)[O-])sc1C(=O)O)C1(C(F)(F)F)C=CC=CC1. The number of nitro benzene ring substituents is 1. The highest BCUT2D eigenvalue weighted by atomic mass is 32.1. The number of nitro groups is 1. The van der Waals surface area contributed by atoms with Gasteiger partial charge in [-0.25, -0.2) is 4.79 Å².